The lowest BCUT2D eigenvalue weighted by molar-refractivity contribution is 0.1000. The molecule has 0 saturated carbocycles. The summed E-state index contributed by atoms with van der Waals surface area (Å²) in [4.78, 5) is 12.2. The highest BCUT2D eigenvalue weighted by Gasteiger charge is 2.23. The SMILES string of the molecule is CCc1c(-c2ccc(C#N)cc2)c(C(N)=O)c(C)n1Cc1ccccc1. The first-order valence-electron chi connectivity index (χ1n) is 8.63. The fourth-order valence-corrected chi connectivity index (χ4v) is 3.47. The van der Waals surface area contributed by atoms with Gasteiger partial charge < -0.3 is 10.3 Å². The van der Waals surface area contributed by atoms with Gasteiger partial charge in [0.15, 0.2) is 0 Å². The number of primary amides is 1. The molecule has 0 unspecified atom stereocenters. The van der Waals surface area contributed by atoms with Gasteiger partial charge in [0.2, 0.25) is 0 Å². The predicted molar refractivity (Wildman–Crippen MR) is 103 cm³/mol. The molecule has 0 atom stereocenters. The number of nitriles is 1. The Balaban J connectivity index is 2.20. The number of nitrogens with zero attached hydrogens (tertiary/aromatic N) is 2. The summed E-state index contributed by atoms with van der Waals surface area (Å²) in [7, 11) is 0. The molecule has 4 heteroatoms. The van der Waals surface area contributed by atoms with Crippen LogP contribution in [0.4, 0.5) is 0 Å². The van der Waals surface area contributed by atoms with E-state index in [1.807, 2.05) is 37.3 Å². The van der Waals surface area contributed by atoms with Crippen molar-refractivity contribution in [2.45, 2.75) is 26.8 Å². The van der Waals surface area contributed by atoms with E-state index in [9.17, 15) is 4.79 Å². The maximum Gasteiger partial charge on any atom is 0.251 e. The van der Waals surface area contributed by atoms with Crippen LogP contribution in [-0.2, 0) is 13.0 Å². The third-order valence-electron chi connectivity index (χ3n) is 4.70. The molecule has 26 heavy (non-hydrogen) atoms. The second-order valence-corrected chi connectivity index (χ2v) is 6.26. The van der Waals surface area contributed by atoms with Gasteiger partial charge >= 0.3 is 0 Å². The van der Waals surface area contributed by atoms with Crippen molar-refractivity contribution in [1.82, 2.24) is 4.57 Å². The molecule has 2 aromatic carbocycles. The fourth-order valence-electron chi connectivity index (χ4n) is 3.47. The average Bonchev–Trinajstić information content (AvgIpc) is 2.94. The van der Waals surface area contributed by atoms with Crippen molar-refractivity contribution in [2.24, 2.45) is 5.73 Å². The molecule has 0 aliphatic rings. The molecule has 0 radical (unpaired) electrons. The molecular formula is C22H21N3O. The normalized spacial score (nSPS) is 10.5. The summed E-state index contributed by atoms with van der Waals surface area (Å²) in [6.45, 7) is 4.70. The second kappa shape index (κ2) is 7.28. The number of amides is 1. The van der Waals surface area contributed by atoms with Crippen LogP contribution in [0.5, 0.6) is 0 Å². The van der Waals surface area contributed by atoms with Crippen LogP contribution in [0.25, 0.3) is 11.1 Å². The van der Waals surface area contributed by atoms with E-state index in [0.29, 0.717) is 17.7 Å². The average molecular weight is 343 g/mol. The number of benzene rings is 2. The molecule has 0 spiro atoms. The lowest BCUT2D eigenvalue weighted by atomic mass is 9.98. The number of carbonyl (C=O) groups excluding carboxylic acids is 1. The molecule has 3 rings (SSSR count). The van der Waals surface area contributed by atoms with E-state index >= 15 is 0 Å². The van der Waals surface area contributed by atoms with Crippen LogP contribution in [-0.4, -0.2) is 10.5 Å². The molecule has 130 valence electrons. The van der Waals surface area contributed by atoms with Gasteiger partial charge in [-0.15, -0.1) is 0 Å². The van der Waals surface area contributed by atoms with Crippen LogP contribution >= 0.6 is 0 Å². The summed E-state index contributed by atoms with van der Waals surface area (Å²) < 4.78 is 2.17. The van der Waals surface area contributed by atoms with Crippen LogP contribution < -0.4 is 5.73 Å². The quantitative estimate of drug-likeness (QED) is 0.759. The van der Waals surface area contributed by atoms with E-state index in [1.54, 1.807) is 12.1 Å². The second-order valence-electron chi connectivity index (χ2n) is 6.26. The van der Waals surface area contributed by atoms with E-state index in [1.165, 1.54) is 5.56 Å². The number of carbonyl (C=O) groups is 1. The lowest BCUT2D eigenvalue weighted by Crippen LogP contribution is -2.13. The van der Waals surface area contributed by atoms with Crippen molar-refractivity contribution >= 4 is 5.91 Å². The van der Waals surface area contributed by atoms with Crippen molar-refractivity contribution in [3.8, 4) is 17.2 Å². The van der Waals surface area contributed by atoms with E-state index in [0.717, 1.165) is 28.9 Å². The smallest absolute Gasteiger partial charge is 0.251 e. The molecule has 1 heterocycles. The summed E-state index contributed by atoms with van der Waals surface area (Å²) in [5.74, 6) is -0.427. The molecule has 0 bridgehead atoms. The van der Waals surface area contributed by atoms with Gasteiger partial charge in [-0.3, -0.25) is 4.79 Å². The first-order valence-corrected chi connectivity index (χ1v) is 8.63. The lowest BCUT2D eigenvalue weighted by Gasteiger charge is -2.12. The highest BCUT2D eigenvalue weighted by Crippen LogP contribution is 2.33. The summed E-state index contributed by atoms with van der Waals surface area (Å²) in [5, 5.41) is 9.03. The number of nitrogens with two attached hydrogens (primary N) is 1. The molecular weight excluding hydrogens is 322 g/mol. The summed E-state index contributed by atoms with van der Waals surface area (Å²) in [6.07, 6.45) is 0.774. The van der Waals surface area contributed by atoms with Gasteiger partial charge in [0.1, 0.15) is 0 Å². The summed E-state index contributed by atoms with van der Waals surface area (Å²) in [6, 6.07) is 19.6. The van der Waals surface area contributed by atoms with Gasteiger partial charge in [-0.1, -0.05) is 49.4 Å². The van der Waals surface area contributed by atoms with Crippen LogP contribution in [0.3, 0.4) is 0 Å². The maximum absolute atomic E-state index is 12.2. The largest absolute Gasteiger partial charge is 0.366 e. The van der Waals surface area contributed by atoms with Gasteiger partial charge in [-0.25, -0.2) is 0 Å². The molecule has 0 fully saturated rings. The van der Waals surface area contributed by atoms with Gasteiger partial charge in [0.25, 0.3) is 5.91 Å². The van der Waals surface area contributed by atoms with E-state index < -0.39 is 5.91 Å². The third-order valence-corrected chi connectivity index (χ3v) is 4.70. The number of rotatable bonds is 5. The van der Waals surface area contributed by atoms with Crippen LogP contribution in [0.1, 0.15) is 39.8 Å². The maximum atomic E-state index is 12.2. The minimum Gasteiger partial charge on any atom is -0.366 e. The first kappa shape index (κ1) is 17.5. The topological polar surface area (TPSA) is 71.8 Å². The number of hydrogen-bond acceptors (Lipinski definition) is 2. The van der Waals surface area contributed by atoms with Crippen LogP contribution in [0.2, 0.25) is 0 Å². The zero-order chi connectivity index (χ0) is 18.7. The van der Waals surface area contributed by atoms with E-state index in [4.69, 9.17) is 11.0 Å². The Morgan fingerprint density at radius 1 is 1.12 bits per heavy atom. The highest BCUT2D eigenvalue weighted by atomic mass is 16.1. The van der Waals surface area contributed by atoms with Gasteiger partial charge in [0, 0.05) is 23.5 Å². The Labute approximate surface area is 153 Å². The van der Waals surface area contributed by atoms with Crippen molar-refractivity contribution < 1.29 is 4.79 Å². The fraction of sp³-hybridized carbons (Fsp3) is 0.182. The minimum absolute atomic E-state index is 0.427. The summed E-state index contributed by atoms with van der Waals surface area (Å²) >= 11 is 0. The van der Waals surface area contributed by atoms with Crippen molar-refractivity contribution in [3.63, 3.8) is 0 Å². The molecule has 3 aromatic rings. The predicted octanol–water partition coefficient (Wildman–Crippen LogP) is 4.04. The van der Waals surface area contributed by atoms with Crippen LogP contribution in [0, 0.1) is 18.3 Å². The van der Waals surface area contributed by atoms with Crippen molar-refractivity contribution in [1.29, 1.82) is 5.26 Å². The van der Waals surface area contributed by atoms with Crippen LogP contribution in [0.15, 0.2) is 54.6 Å². The van der Waals surface area contributed by atoms with Gasteiger partial charge in [-0.05, 0) is 36.6 Å². The van der Waals surface area contributed by atoms with Crippen molar-refractivity contribution in [2.75, 3.05) is 0 Å². The molecule has 1 aromatic heterocycles. The Hall–Kier alpha value is -3.32. The standard InChI is InChI=1S/C22H21N3O/c1-3-19-21(18-11-9-16(13-23)10-12-18)20(22(24)26)15(2)25(19)14-17-7-5-4-6-8-17/h4-12H,3,14H2,1-2H3,(H2,24,26). The molecule has 4 nitrogen and oxygen atoms in total. The van der Waals surface area contributed by atoms with Gasteiger partial charge in [0.05, 0.1) is 17.2 Å². The Morgan fingerprint density at radius 3 is 2.31 bits per heavy atom. The first-order chi connectivity index (χ1) is 12.6. The zero-order valence-electron chi connectivity index (χ0n) is 15.0. The monoisotopic (exact) mass is 343 g/mol. The summed E-state index contributed by atoms with van der Waals surface area (Å²) in [5.41, 5.74) is 11.8. The third kappa shape index (κ3) is 3.12. The Bertz CT molecular complexity index is 977. The number of hydrogen-bond donors (Lipinski definition) is 1. The minimum atomic E-state index is -0.427. The zero-order valence-corrected chi connectivity index (χ0v) is 15.0. The molecule has 2 N–H and O–H groups in total. The van der Waals surface area contributed by atoms with Crippen molar-refractivity contribution in [3.05, 3.63) is 82.7 Å². The molecule has 0 saturated heterocycles. The molecule has 0 aliphatic carbocycles. The number of aromatic nitrogens is 1. The highest BCUT2D eigenvalue weighted by molar-refractivity contribution is 6.02. The van der Waals surface area contributed by atoms with E-state index in [2.05, 4.69) is 29.7 Å². The molecule has 1 amide bonds. The molecule has 0 aliphatic heterocycles. The van der Waals surface area contributed by atoms with Gasteiger partial charge in [-0.2, -0.15) is 5.26 Å². The van der Waals surface area contributed by atoms with E-state index in [-0.39, 0.29) is 0 Å². The Morgan fingerprint density at radius 2 is 1.77 bits per heavy atom. The Kier molecular flexibility index (Phi) is 4.90.